The Balaban J connectivity index is 1.79. The van der Waals surface area contributed by atoms with Gasteiger partial charge in [0, 0.05) is 30.8 Å². The van der Waals surface area contributed by atoms with Gasteiger partial charge in [-0.1, -0.05) is 83.9 Å². The molecule has 0 saturated heterocycles. The smallest absolute Gasteiger partial charge is 0.242 e. The monoisotopic (exact) mass is 480 g/mol. The Morgan fingerprint density at radius 1 is 0.909 bits per heavy atom. The SMILES string of the molecule is CNC(=O)[C@@H](Cc1ccccc1)N(Cc1ccc(Cl)cc1)C(=O)CSCc1ccc(C)cc1. The molecular weight excluding hydrogens is 452 g/mol. The molecule has 1 atom stereocenters. The van der Waals surface area contributed by atoms with E-state index in [1.54, 1.807) is 35.8 Å². The van der Waals surface area contributed by atoms with Gasteiger partial charge >= 0.3 is 0 Å². The second kappa shape index (κ2) is 12.5. The fourth-order valence-electron chi connectivity index (χ4n) is 3.53. The maximum atomic E-state index is 13.4. The Morgan fingerprint density at radius 3 is 2.18 bits per heavy atom. The molecule has 0 aromatic heterocycles. The highest BCUT2D eigenvalue weighted by atomic mass is 35.5. The standard InChI is InChI=1S/C27H29ClN2O2S/c1-20-8-10-23(11-9-20)18-33-19-26(31)30(17-22-12-14-24(28)15-13-22)25(27(32)29-2)16-21-6-4-3-5-7-21/h3-15,25H,16-19H2,1-2H3,(H,29,32)/t25-/m1/s1. The van der Waals surface area contributed by atoms with Crippen molar-refractivity contribution in [1.82, 2.24) is 10.2 Å². The van der Waals surface area contributed by atoms with Gasteiger partial charge in [-0.3, -0.25) is 9.59 Å². The minimum Gasteiger partial charge on any atom is -0.357 e. The first kappa shape index (κ1) is 24.9. The lowest BCUT2D eigenvalue weighted by molar-refractivity contribution is -0.139. The molecule has 3 rings (SSSR count). The van der Waals surface area contributed by atoms with E-state index >= 15 is 0 Å². The summed E-state index contributed by atoms with van der Waals surface area (Å²) in [6.07, 6.45) is 0.447. The Morgan fingerprint density at radius 2 is 1.55 bits per heavy atom. The average molecular weight is 481 g/mol. The molecule has 0 aliphatic heterocycles. The molecular formula is C27H29ClN2O2S. The van der Waals surface area contributed by atoms with Crippen LogP contribution < -0.4 is 5.32 Å². The number of carbonyl (C=O) groups is 2. The van der Waals surface area contributed by atoms with E-state index in [1.807, 2.05) is 42.5 Å². The average Bonchev–Trinajstić information content (AvgIpc) is 2.83. The zero-order valence-electron chi connectivity index (χ0n) is 19.0. The molecule has 0 saturated carbocycles. The normalized spacial score (nSPS) is 11.6. The number of aryl methyl sites for hydroxylation is 1. The number of hydrogen-bond donors (Lipinski definition) is 1. The second-order valence-corrected chi connectivity index (χ2v) is 9.37. The molecule has 4 nitrogen and oxygen atoms in total. The largest absolute Gasteiger partial charge is 0.357 e. The van der Waals surface area contributed by atoms with E-state index in [1.165, 1.54) is 11.1 Å². The molecule has 1 N–H and O–H groups in total. The lowest BCUT2D eigenvalue weighted by Crippen LogP contribution is -2.50. The molecule has 2 amide bonds. The molecule has 0 aliphatic rings. The predicted octanol–water partition coefficient (Wildman–Crippen LogP) is 5.27. The first-order valence-corrected chi connectivity index (χ1v) is 12.4. The maximum absolute atomic E-state index is 13.4. The number of benzene rings is 3. The van der Waals surface area contributed by atoms with Crippen molar-refractivity contribution in [2.24, 2.45) is 0 Å². The molecule has 6 heteroatoms. The van der Waals surface area contributed by atoms with Crippen LogP contribution in [-0.4, -0.2) is 35.6 Å². The maximum Gasteiger partial charge on any atom is 0.242 e. The summed E-state index contributed by atoms with van der Waals surface area (Å²) < 4.78 is 0. The van der Waals surface area contributed by atoms with Gasteiger partial charge in [-0.05, 0) is 35.7 Å². The summed E-state index contributed by atoms with van der Waals surface area (Å²) in [7, 11) is 1.61. The van der Waals surface area contributed by atoms with Crippen molar-refractivity contribution in [1.29, 1.82) is 0 Å². The minimum absolute atomic E-state index is 0.0633. The van der Waals surface area contributed by atoms with E-state index in [-0.39, 0.29) is 11.8 Å². The zero-order chi connectivity index (χ0) is 23.6. The van der Waals surface area contributed by atoms with E-state index in [0.29, 0.717) is 23.7 Å². The summed E-state index contributed by atoms with van der Waals surface area (Å²) in [5, 5.41) is 3.38. The molecule has 0 heterocycles. The molecule has 3 aromatic rings. The van der Waals surface area contributed by atoms with Crippen LogP contribution in [-0.2, 0) is 28.3 Å². The number of nitrogens with one attached hydrogen (secondary N) is 1. The van der Waals surface area contributed by atoms with Gasteiger partial charge in [-0.2, -0.15) is 0 Å². The third kappa shape index (κ3) is 7.65. The Labute approximate surface area is 205 Å². The fourth-order valence-corrected chi connectivity index (χ4v) is 4.53. The van der Waals surface area contributed by atoms with Crippen molar-refractivity contribution in [2.45, 2.75) is 31.7 Å². The number of thioether (sulfide) groups is 1. The summed E-state index contributed by atoms with van der Waals surface area (Å²) in [4.78, 5) is 28.0. The topological polar surface area (TPSA) is 49.4 Å². The van der Waals surface area contributed by atoms with Crippen molar-refractivity contribution >= 4 is 35.2 Å². The van der Waals surface area contributed by atoms with Crippen LogP contribution in [0.1, 0.15) is 22.3 Å². The van der Waals surface area contributed by atoms with Crippen molar-refractivity contribution in [3.63, 3.8) is 0 Å². The fraction of sp³-hybridized carbons (Fsp3) is 0.259. The highest BCUT2D eigenvalue weighted by Crippen LogP contribution is 2.19. The van der Waals surface area contributed by atoms with E-state index in [2.05, 4.69) is 36.5 Å². The number of halogens is 1. The van der Waals surface area contributed by atoms with Gasteiger partial charge in [0.25, 0.3) is 0 Å². The predicted molar refractivity (Wildman–Crippen MR) is 137 cm³/mol. The van der Waals surface area contributed by atoms with Crippen LogP contribution in [0.15, 0.2) is 78.9 Å². The Bertz CT molecular complexity index is 1040. The van der Waals surface area contributed by atoms with Crippen LogP contribution in [0, 0.1) is 6.92 Å². The molecule has 33 heavy (non-hydrogen) atoms. The number of rotatable bonds is 10. The molecule has 0 bridgehead atoms. The Hall–Kier alpha value is -2.76. The van der Waals surface area contributed by atoms with Crippen LogP contribution in [0.25, 0.3) is 0 Å². The summed E-state index contributed by atoms with van der Waals surface area (Å²) in [5.74, 6) is 0.796. The number of amides is 2. The quantitative estimate of drug-likeness (QED) is 0.430. The van der Waals surface area contributed by atoms with Crippen LogP contribution in [0.3, 0.4) is 0 Å². The second-order valence-electron chi connectivity index (χ2n) is 7.95. The summed E-state index contributed by atoms with van der Waals surface area (Å²) in [5.41, 5.74) is 4.32. The van der Waals surface area contributed by atoms with Gasteiger partial charge in [0.15, 0.2) is 0 Å². The van der Waals surface area contributed by atoms with E-state index in [0.717, 1.165) is 16.9 Å². The molecule has 0 spiro atoms. The van der Waals surface area contributed by atoms with Crippen molar-refractivity contribution in [3.05, 3.63) is 106 Å². The van der Waals surface area contributed by atoms with Gasteiger partial charge in [-0.25, -0.2) is 0 Å². The van der Waals surface area contributed by atoms with Gasteiger partial charge in [0.1, 0.15) is 6.04 Å². The van der Waals surface area contributed by atoms with Crippen LogP contribution in [0.4, 0.5) is 0 Å². The number of carbonyl (C=O) groups excluding carboxylic acids is 2. The number of likely N-dealkylation sites (N-methyl/N-ethyl adjacent to an activating group) is 1. The Kier molecular flexibility index (Phi) is 9.40. The van der Waals surface area contributed by atoms with E-state index in [4.69, 9.17) is 11.6 Å². The van der Waals surface area contributed by atoms with Crippen molar-refractivity contribution < 1.29 is 9.59 Å². The molecule has 0 fully saturated rings. The van der Waals surface area contributed by atoms with Crippen LogP contribution in [0.5, 0.6) is 0 Å². The van der Waals surface area contributed by atoms with E-state index in [9.17, 15) is 9.59 Å². The highest BCUT2D eigenvalue weighted by molar-refractivity contribution is 7.99. The van der Waals surface area contributed by atoms with Gasteiger partial charge in [-0.15, -0.1) is 11.8 Å². The lowest BCUT2D eigenvalue weighted by Gasteiger charge is -2.31. The molecule has 3 aromatic carbocycles. The van der Waals surface area contributed by atoms with Crippen molar-refractivity contribution in [3.8, 4) is 0 Å². The first-order valence-electron chi connectivity index (χ1n) is 10.9. The molecule has 0 radical (unpaired) electrons. The summed E-state index contributed by atoms with van der Waals surface area (Å²) in [6.45, 7) is 2.40. The molecule has 0 aliphatic carbocycles. The first-order chi connectivity index (χ1) is 16.0. The van der Waals surface area contributed by atoms with Gasteiger partial charge in [0.05, 0.1) is 5.75 Å². The minimum atomic E-state index is -0.611. The summed E-state index contributed by atoms with van der Waals surface area (Å²) in [6, 6.07) is 24.9. The third-order valence-electron chi connectivity index (χ3n) is 5.40. The van der Waals surface area contributed by atoms with Crippen molar-refractivity contribution in [2.75, 3.05) is 12.8 Å². The van der Waals surface area contributed by atoms with Crippen LogP contribution >= 0.6 is 23.4 Å². The third-order valence-corrected chi connectivity index (χ3v) is 6.64. The van der Waals surface area contributed by atoms with Gasteiger partial charge in [0.2, 0.25) is 11.8 Å². The number of hydrogen-bond acceptors (Lipinski definition) is 3. The van der Waals surface area contributed by atoms with Gasteiger partial charge < -0.3 is 10.2 Å². The summed E-state index contributed by atoms with van der Waals surface area (Å²) >= 11 is 7.60. The van der Waals surface area contributed by atoms with E-state index < -0.39 is 6.04 Å². The highest BCUT2D eigenvalue weighted by Gasteiger charge is 2.29. The molecule has 172 valence electrons. The lowest BCUT2D eigenvalue weighted by atomic mass is 10.0. The van der Waals surface area contributed by atoms with Crippen LogP contribution in [0.2, 0.25) is 5.02 Å². The number of nitrogens with zero attached hydrogens (tertiary/aromatic N) is 1. The zero-order valence-corrected chi connectivity index (χ0v) is 20.5. The molecule has 0 unspecified atom stereocenters.